The van der Waals surface area contributed by atoms with Crippen molar-refractivity contribution in [3.63, 3.8) is 0 Å². The van der Waals surface area contributed by atoms with E-state index < -0.39 is 0 Å². The van der Waals surface area contributed by atoms with Crippen LogP contribution in [-0.2, 0) is 0 Å². The Morgan fingerprint density at radius 3 is 2.12 bits per heavy atom. The molecular weight excluding hydrogens is 224 g/mol. The molecule has 5 N–H and O–H groups in total. The van der Waals surface area contributed by atoms with Crippen LogP contribution < -0.4 is 11.0 Å². The van der Waals surface area contributed by atoms with E-state index in [0.29, 0.717) is 5.69 Å². The summed E-state index contributed by atoms with van der Waals surface area (Å²) in [6.07, 6.45) is 4.88. The number of anilines is 2. The third-order valence-electron chi connectivity index (χ3n) is 1.72. The van der Waals surface area contributed by atoms with Crippen molar-refractivity contribution in [1.29, 1.82) is 0 Å². The van der Waals surface area contributed by atoms with E-state index in [4.69, 9.17) is 15.5 Å². The van der Waals surface area contributed by atoms with Crippen LogP contribution in [0.2, 0.25) is 0 Å². The quantitative estimate of drug-likeness (QED) is 0.305. The minimum atomic E-state index is -0.0912. The predicted octanol–water partition coefficient (Wildman–Crippen LogP) is 1.47. The van der Waals surface area contributed by atoms with E-state index in [1.165, 1.54) is 24.5 Å². The molecule has 0 spiro atoms. The molecule has 7 nitrogen and oxygen atoms in total. The minimum Gasteiger partial charge on any atom is -0.506 e. The molecule has 0 aliphatic carbocycles. The lowest BCUT2D eigenvalue weighted by Gasteiger charge is -2.04. The summed E-state index contributed by atoms with van der Waals surface area (Å²) in [7, 11) is 0. The average molecular weight is 236 g/mol. The standard InChI is InChI=1S/C6H8N2O3.C4H4N2/c9-6-2-1-4(7-10)3-5(6)8-11;1-2-5-4-6-3-1/h1-3,7-11H;1-4H. The van der Waals surface area contributed by atoms with Crippen molar-refractivity contribution in [2.75, 3.05) is 11.0 Å². The summed E-state index contributed by atoms with van der Waals surface area (Å²) >= 11 is 0. The molecule has 7 heteroatoms. The number of nitrogens with zero attached hydrogens (tertiary/aromatic N) is 2. The molecule has 1 heterocycles. The first-order valence-corrected chi connectivity index (χ1v) is 4.61. The highest BCUT2D eigenvalue weighted by Crippen LogP contribution is 2.25. The minimum absolute atomic E-state index is 0.0912. The number of phenols is 1. The maximum atomic E-state index is 9.00. The molecule has 90 valence electrons. The third kappa shape index (κ3) is 4.33. The molecule has 0 saturated carbocycles. The van der Waals surface area contributed by atoms with Crippen molar-refractivity contribution in [3.05, 3.63) is 43.0 Å². The van der Waals surface area contributed by atoms with E-state index in [1.807, 2.05) is 5.48 Å². The Hall–Kier alpha value is -2.38. The SMILES string of the molecule is ONc1ccc(O)c(NO)c1.c1cncnc1. The maximum absolute atomic E-state index is 9.00. The van der Waals surface area contributed by atoms with Gasteiger partial charge in [0.2, 0.25) is 0 Å². The predicted molar refractivity (Wildman–Crippen MR) is 61.0 cm³/mol. The monoisotopic (exact) mass is 236 g/mol. The zero-order valence-corrected chi connectivity index (χ0v) is 8.78. The van der Waals surface area contributed by atoms with Gasteiger partial charge in [-0.1, -0.05) is 0 Å². The van der Waals surface area contributed by atoms with Gasteiger partial charge in [-0.05, 0) is 24.3 Å². The van der Waals surface area contributed by atoms with Crippen LogP contribution in [0.25, 0.3) is 0 Å². The second kappa shape index (κ2) is 6.99. The van der Waals surface area contributed by atoms with Crippen molar-refractivity contribution in [2.45, 2.75) is 0 Å². The van der Waals surface area contributed by atoms with E-state index in [0.717, 1.165) is 0 Å². The van der Waals surface area contributed by atoms with Gasteiger partial charge in [0.15, 0.2) is 0 Å². The van der Waals surface area contributed by atoms with E-state index >= 15 is 0 Å². The molecule has 2 aromatic rings. The molecule has 0 radical (unpaired) electrons. The summed E-state index contributed by atoms with van der Waals surface area (Å²) in [6, 6.07) is 5.91. The maximum Gasteiger partial charge on any atom is 0.141 e. The molecule has 0 atom stereocenters. The molecule has 17 heavy (non-hydrogen) atoms. The van der Waals surface area contributed by atoms with E-state index in [-0.39, 0.29) is 11.4 Å². The first-order chi connectivity index (χ1) is 8.27. The Kier molecular flexibility index (Phi) is 5.21. The molecule has 0 aliphatic rings. The van der Waals surface area contributed by atoms with Crippen molar-refractivity contribution in [3.8, 4) is 5.75 Å². The van der Waals surface area contributed by atoms with Gasteiger partial charge in [0.25, 0.3) is 0 Å². The fraction of sp³-hybridized carbons (Fsp3) is 0. The molecule has 0 fully saturated rings. The normalized spacial score (nSPS) is 8.82. The van der Waals surface area contributed by atoms with Crippen LogP contribution in [0.3, 0.4) is 0 Å². The zero-order chi connectivity index (χ0) is 12.5. The summed E-state index contributed by atoms with van der Waals surface area (Å²) in [4.78, 5) is 7.35. The summed E-state index contributed by atoms with van der Waals surface area (Å²) in [5.41, 5.74) is 4.14. The van der Waals surface area contributed by atoms with Gasteiger partial charge in [0.05, 0.1) is 5.69 Å². The molecule has 0 unspecified atom stereocenters. The Morgan fingerprint density at radius 2 is 1.71 bits per heavy atom. The first kappa shape index (κ1) is 12.7. The summed E-state index contributed by atoms with van der Waals surface area (Å²) in [5.74, 6) is -0.0912. The summed E-state index contributed by atoms with van der Waals surface area (Å²) < 4.78 is 0. The van der Waals surface area contributed by atoms with E-state index in [1.54, 1.807) is 23.9 Å². The second-order valence-electron chi connectivity index (χ2n) is 2.86. The highest BCUT2D eigenvalue weighted by atomic mass is 16.5. The van der Waals surface area contributed by atoms with E-state index in [2.05, 4.69) is 9.97 Å². The molecule has 0 amide bonds. The van der Waals surface area contributed by atoms with Gasteiger partial charge in [0, 0.05) is 12.4 Å². The molecular formula is C10H12N4O3. The van der Waals surface area contributed by atoms with Gasteiger partial charge >= 0.3 is 0 Å². The van der Waals surface area contributed by atoms with Crippen LogP contribution in [0.1, 0.15) is 0 Å². The molecule has 1 aromatic carbocycles. The average Bonchev–Trinajstić information content (AvgIpc) is 2.42. The number of aromatic nitrogens is 2. The van der Waals surface area contributed by atoms with Crippen LogP contribution in [0.5, 0.6) is 5.75 Å². The van der Waals surface area contributed by atoms with Crippen LogP contribution in [0.4, 0.5) is 11.4 Å². The van der Waals surface area contributed by atoms with Crippen LogP contribution in [0, 0.1) is 0 Å². The number of benzene rings is 1. The Balaban J connectivity index is 0.000000202. The second-order valence-corrected chi connectivity index (χ2v) is 2.86. The Morgan fingerprint density at radius 1 is 1.00 bits per heavy atom. The van der Waals surface area contributed by atoms with Crippen molar-refractivity contribution >= 4 is 11.4 Å². The van der Waals surface area contributed by atoms with Crippen LogP contribution in [-0.4, -0.2) is 25.5 Å². The van der Waals surface area contributed by atoms with Crippen LogP contribution in [0.15, 0.2) is 43.0 Å². The molecule has 1 aromatic heterocycles. The topological polar surface area (TPSA) is 111 Å². The van der Waals surface area contributed by atoms with Gasteiger partial charge in [-0.15, -0.1) is 0 Å². The Labute approximate surface area is 97.3 Å². The van der Waals surface area contributed by atoms with Crippen molar-refractivity contribution < 1.29 is 15.5 Å². The highest BCUT2D eigenvalue weighted by molar-refractivity contribution is 5.62. The number of phenolic OH excluding ortho intramolecular Hbond substituents is 1. The Bertz CT molecular complexity index is 412. The fourth-order valence-electron chi connectivity index (χ4n) is 0.948. The number of hydrogen-bond acceptors (Lipinski definition) is 7. The molecule has 0 saturated heterocycles. The van der Waals surface area contributed by atoms with Gasteiger partial charge in [-0.2, -0.15) is 0 Å². The number of aromatic hydroxyl groups is 1. The van der Waals surface area contributed by atoms with Gasteiger partial charge in [-0.25, -0.2) is 9.97 Å². The number of nitrogens with one attached hydrogen (secondary N) is 2. The van der Waals surface area contributed by atoms with Gasteiger partial charge in [0.1, 0.15) is 17.8 Å². The number of rotatable bonds is 2. The first-order valence-electron chi connectivity index (χ1n) is 4.61. The van der Waals surface area contributed by atoms with Crippen molar-refractivity contribution in [2.24, 2.45) is 0 Å². The summed E-state index contributed by atoms with van der Waals surface area (Å²) in [5, 5.41) is 25.8. The molecule has 2 rings (SSSR count). The highest BCUT2D eigenvalue weighted by Gasteiger charge is 1.99. The molecule has 0 bridgehead atoms. The fourth-order valence-corrected chi connectivity index (χ4v) is 0.948. The largest absolute Gasteiger partial charge is 0.506 e. The zero-order valence-electron chi connectivity index (χ0n) is 8.78. The number of hydrogen-bond donors (Lipinski definition) is 5. The van der Waals surface area contributed by atoms with Crippen LogP contribution >= 0.6 is 0 Å². The van der Waals surface area contributed by atoms with Gasteiger partial charge < -0.3 is 5.11 Å². The van der Waals surface area contributed by atoms with E-state index in [9.17, 15) is 0 Å². The lowest BCUT2D eigenvalue weighted by atomic mass is 10.2. The van der Waals surface area contributed by atoms with Crippen molar-refractivity contribution in [1.82, 2.24) is 9.97 Å². The van der Waals surface area contributed by atoms with Gasteiger partial charge in [-0.3, -0.25) is 21.4 Å². The summed E-state index contributed by atoms with van der Waals surface area (Å²) in [6.45, 7) is 0. The lowest BCUT2D eigenvalue weighted by Crippen LogP contribution is -1.93. The lowest BCUT2D eigenvalue weighted by molar-refractivity contribution is 0.379. The smallest absolute Gasteiger partial charge is 0.141 e. The molecule has 0 aliphatic heterocycles. The third-order valence-corrected chi connectivity index (χ3v) is 1.72.